The highest BCUT2D eigenvalue weighted by Gasteiger charge is 2.44. The van der Waals surface area contributed by atoms with Crippen molar-refractivity contribution in [2.75, 3.05) is 0 Å². The van der Waals surface area contributed by atoms with E-state index in [1.165, 1.54) is 0 Å². The lowest BCUT2D eigenvalue weighted by atomic mass is 10.2. The molecule has 66 valence electrons. The Morgan fingerprint density at radius 3 is 2.00 bits per heavy atom. The number of alkyl halides is 3. The van der Waals surface area contributed by atoms with Crippen molar-refractivity contribution in [1.82, 2.24) is 0 Å². The number of hydrogen-bond donors (Lipinski definition) is 2. The first-order chi connectivity index (χ1) is 4.76. The van der Waals surface area contributed by atoms with E-state index in [0.717, 1.165) is 0 Å². The number of rotatable bonds is 2. The summed E-state index contributed by atoms with van der Waals surface area (Å²) in [6.07, 6.45) is -7.93. The average Bonchev–Trinajstić information content (AvgIpc) is 1.82. The first kappa shape index (κ1) is 10.2. The topological polar surface area (TPSA) is 88.0 Å². The number of quaternary nitrogens is 1. The van der Waals surface area contributed by atoms with Gasteiger partial charge in [-0.1, -0.05) is 0 Å². The lowest BCUT2D eigenvalue weighted by Gasteiger charge is -2.18. The van der Waals surface area contributed by atoms with Gasteiger partial charge in [0.15, 0.2) is 6.04 Å². The highest BCUT2D eigenvalue weighted by atomic mass is 19.4. The summed E-state index contributed by atoms with van der Waals surface area (Å²) in [7, 11) is 0. The Balaban J connectivity index is 4.25. The molecule has 0 saturated carbocycles. The number of carboxylic acids is 1. The summed E-state index contributed by atoms with van der Waals surface area (Å²) in [5, 5.41) is 18.0. The molecular weight excluding hydrogens is 167 g/mol. The Labute approximate surface area is 59.4 Å². The lowest BCUT2D eigenvalue weighted by molar-refractivity contribution is -0.466. The summed E-state index contributed by atoms with van der Waals surface area (Å²) < 4.78 is 34.4. The molecule has 0 aliphatic heterocycles. The van der Waals surface area contributed by atoms with Crippen LogP contribution < -0.4 is 10.8 Å². The van der Waals surface area contributed by atoms with Crippen LogP contribution in [0.25, 0.3) is 0 Å². The van der Waals surface area contributed by atoms with Crippen LogP contribution in [0.15, 0.2) is 0 Å². The van der Waals surface area contributed by atoms with Crippen LogP contribution in [-0.4, -0.2) is 29.4 Å². The number of aliphatic hydroxyl groups is 1. The molecule has 0 bridgehead atoms. The van der Waals surface area contributed by atoms with Gasteiger partial charge in [-0.25, -0.2) is 0 Å². The van der Waals surface area contributed by atoms with Crippen LogP contribution in [0.1, 0.15) is 0 Å². The first-order valence-electron chi connectivity index (χ1n) is 2.55. The summed E-state index contributed by atoms with van der Waals surface area (Å²) in [4.78, 5) is 9.75. The number of halogens is 3. The van der Waals surface area contributed by atoms with Gasteiger partial charge in [0.05, 0.1) is 0 Å². The number of aliphatic carboxylic acids is 1. The number of aliphatic hydroxyl groups excluding tert-OH is 1. The van der Waals surface area contributed by atoms with Crippen molar-refractivity contribution in [2.45, 2.75) is 18.3 Å². The van der Waals surface area contributed by atoms with Gasteiger partial charge in [-0.15, -0.1) is 0 Å². The molecule has 0 heterocycles. The maximum absolute atomic E-state index is 11.5. The van der Waals surface area contributed by atoms with E-state index in [1.54, 1.807) is 0 Å². The predicted octanol–water partition coefficient (Wildman–Crippen LogP) is -2.73. The van der Waals surface area contributed by atoms with Gasteiger partial charge in [0.25, 0.3) is 0 Å². The molecule has 0 aliphatic rings. The van der Waals surface area contributed by atoms with Crippen LogP contribution in [0.4, 0.5) is 13.2 Å². The highest BCUT2D eigenvalue weighted by Crippen LogP contribution is 2.20. The lowest BCUT2D eigenvalue weighted by Crippen LogP contribution is -2.75. The largest absolute Gasteiger partial charge is 0.544 e. The van der Waals surface area contributed by atoms with Crippen LogP contribution in [0.2, 0.25) is 0 Å². The molecule has 0 unspecified atom stereocenters. The number of hydrogen-bond acceptors (Lipinski definition) is 3. The summed E-state index contributed by atoms with van der Waals surface area (Å²) in [6.45, 7) is 0. The number of carbonyl (C=O) groups excluding carboxylic acids is 1. The van der Waals surface area contributed by atoms with Gasteiger partial charge < -0.3 is 20.7 Å². The second kappa shape index (κ2) is 3.05. The Morgan fingerprint density at radius 2 is 1.91 bits per heavy atom. The molecule has 0 spiro atoms. The molecule has 0 amide bonds. The Hall–Kier alpha value is -0.820. The fourth-order valence-electron chi connectivity index (χ4n) is 0.357. The van der Waals surface area contributed by atoms with Crippen molar-refractivity contribution < 1.29 is 33.9 Å². The minimum atomic E-state index is -4.97. The van der Waals surface area contributed by atoms with Gasteiger partial charge >= 0.3 is 6.18 Å². The van der Waals surface area contributed by atoms with E-state index in [-0.39, 0.29) is 0 Å². The fourth-order valence-corrected chi connectivity index (χ4v) is 0.357. The normalized spacial score (nSPS) is 17.5. The molecule has 4 nitrogen and oxygen atoms in total. The summed E-state index contributed by atoms with van der Waals surface area (Å²) in [6, 6.07) is -2.19. The van der Waals surface area contributed by atoms with Crippen LogP contribution in [-0.2, 0) is 4.79 Å². The Kier molecular flexibility index (Phi) is 2.83. The number of carbonyl (C=O) groups is 1. The minimum Gasteiger partial charge on any atom is -0.544 e. The zero-order valence-corrected chi connectivity index (χ0v) is 5.26. The summed E-state index contributed by atoms with van der Waals surface area (Å²) in [5.74, 6) is -2.03. The van der Waals surface area contributed by atoms with Crippen LogP contribution in [0.3, 0.4) is 0 Å². The SMILES string of the molecule is [NH3+][C@@H](C(=O)[O-])[C@H](O)C(F)(F)F. The van der Waals surface area contributed by atoms with Gasteiger partial charge in [0.2, 0.25) is 6.10 Å². The van der Waals surface area contributed by atoms with E-state index in [0.29, 0.717) is 0 Å². The predicted molar refractivity (Wildman–Crippen MR) is 23.7 cm³/mol. The van der Waals surface area contributed by atoms with E-state index >= 15 is 0 Å². The zero-order chi connectivity index (χ0) is 9.23. The molecule has 0 saturated heterocycles. The summed E-state index contributed by atoms with van der Waals surface area (Å²) >= 11 is 0. The smallest absolute Gasteiger partial charge is 0.420 e. The molecule has 0 fully saturated rings. The monoisotopic (exact) mass is 173 g/mol. The van der Waals surface area contributed by atoms with E-state index < -0.39 is 24.3 Å². The van der Waals surface area contributed by atoms with Crippen molar-refractivity contribution in [3.63, 3.8) is 0 Å². The average molecular weight is 173 g/mol. The maximum Gasteiger partial charge on any atom is 0.420 e. The third-order valence-corrected chi connectivity index (χ3v) is 1.02. The second-order valence-electron chi connectivity index (χ2n) is 1.91. The molecule has 0 aromatic rings. The van der Waals surface area contributed by atoms with Crippen molar-refractivity contribution in [3.8, 4) is 0 Å². The fraction of sp³-hybridized carbons (Fsp3) is 0.750. The molecular formula is C4H6F3NO3. The third kappa shape index (κ3) is 2.72. The molecule has 11 heavy (non-hydrogen) atoms. The molecule has 0 aliphatic carbocycles. The van der Waals surface area contributed by atoms with Crippen LogP contribution in [0, 0.1) is 0 Å². The van der Waals surface area contributed by atoms with Crippen LogP contribution >= 0.6 is 0 Å². The quantitative estimate of drug-likeness (QED) is 0.475. The molecule has 0 radical (unpaired) electrons. The molecule has 2 atom stereocenters. The third-order valence-electron chi connectivity index (χ3n) is 1.02. The van der Waals surface area contributed by atoms with Crippen molar-refractivity contribution in [2.24, 2.45) is 0 Å². The first-order valence-corrected chi connectivity index (χ1v) is 2.55. The Bertz CT molecular complexity index is 157. The van der Waals surface area contributed by atoms with E-state index in [9.17, 15) is 23.1 Å². The minimum absolute atomic E-state index is 2.03. The maximum atomic E-state index is 11.5. The molecule has 0 rings (SSSR count). The van der Waals surface area contributed by atoms with Gasteiger partial charge in [-0.3, -0.25) is 0 Å². The molecule has 4 N–H and O–H groups in total. The second-order valence-corrected chi connectivity index (χ2v) is 1.91. The Morgan fingerprint density at radius 1 is 1.55 bits per heavy atom. The van der Waals surface area contributed by atoms with Crippen molar-refractivity contribution in [1.29, 1.82) is 0 Å². The molecule has 7 heteroatoms. The van der Waals surface area contributed by atoms with Gasteiger partial charge in [-0.2, -0.15) is 13.2 Å². The molecule has 0 aromatic carbocycles. The molecule has 0 aromatic heterocycles. The zero-order valence-electron chi connectivity index (χ0n) is 5.26. The number of carboxylic acid groups (broad SMARTS) is 1. The van der Waals surface area contributed by atoms with Crippen molar-refractivity contribution in [3.05, 3.63) is 0 Å². The van der Waals surface area contributed by atoms with E-state index in [2.05, 4.69) is 5.73 Å². The van der Waals surface area contributed by atoms with E-state index in [1.807, 2.05) is 0 Å². The highest BCUT2D eigenvalue weighted by molar-refractivity contribution is 5.70. The van der Waals surface area contributed by atoms with Gasteiger partial charge in [-0.05, 0) is 0 Å². The standard InChI is InChI=1S/C4H6F3NO3/c5-4(6,7)2(9)1(8)3(10)11/h1-2,9H,8H2,(H,10,11)/t1-,2+/m1/s1. The van der Waals surface area contributed by atoms with Gasteiger partial charge in [0, 0.05) is 0 Å². The van der Waals surface area contributed by atoms with Crippen molar-refractivity contribution >= 4 is 5.97 Å². The van der Waals surface area contributed by atoms with E-state index in [4.69, 9.17) is 5.11 Å². The van der Waals surface area contributed by atoms with Crippen LogP contribution in [0.5, 0.6) is 0 Å². The summed E-state index contributed by atoms with van der Waals surface area (Å²) in [5.41, 5.74) is 2.57. The van der Waals surface area contributed by atoms with Gasteiger partial charge in [0.1, 0.15) is 5.97 Å².